The molecule has 0 heterocycles. The molecule has 0 rings (SSSR count). The first-order valence-electron chi connectivity index (χ1n) is 12.6. The molecule has 0 aliphatic rings. The first-order chi connectivity index (χ1) is 13.8. The van der Waals surface area contributed by atoms with Gasteiger partial charge in [0.15, 0.2) is 6.29 Å². The smallest absolute Gasteiger partial charge is 0.198 e. The van der Waals surface area contributed by atoms with E-state index in [1.165, 1.54) is 122 Å². The fourth-order valence-electron chi connectivity index (χ4n) is 4.11. The molecule has 28 heavy (non-hydrogen) atoms. The van der Waals surface area contributed by atoms with Crippen LogP contribution in [0.1, 0.15) is 148 Å². The minimum atomic E-state index is 0.579. The van der Waals surface area contributed by atoms with Gasteiger partial charge in [0, 0.05) is 12.8 Å². The maximum absolute atomic E-state index is 10.8. The Bertz CT molecular complexity index is 314. The van der Waals surface area contributed by atoms with Crippen molar-refractivity contribution >= 4 is 12.6 Å². The minimum absolute atomic E-state index is 0.579. The van der Waals surface area contributed by atoms with E-state index in [0.717, 1.165) is 19.1 Å². The zero-order valence-corrected chi connectivity index (χ0v) is 19.0. The topological polar surface area (TPSA) is 34.1 Å². The highest BCUT2D eigenvalue weighted by Crippen LogP contribution is 2.21. The third-order valence-corrected chi connectivity index (χ3v) is 6.02. The van der Waals surface area contributed by atoms with Gasteiger partial charge in [-0.05, 0) is 12.3 Å². The zero-order valence-electron chi connectivity index (χ0n) is 19.0. The molecule has 0 bridgehead atoms. The number of aldehydes is 1. The van der Waals surface area contributed by atoms with Crippen molar-refractivity contribution in [3.05, 3.63) is 0 Å². The number of rotatable bonds is 24. The lowest BCUT2D eigenvalue weighted by molar-refractivity contribution is -0.107. The van der Waals surface area contributed by atoms with Crippen LogP contribution in [0.15, 0.2) is 0 Å². The first-order valence-corrected chi connectivity index (χ1v) is 12.6. The van der Waals surface area contributed by atoms with E-state index in [1.54, 1.807) is 0 Å². The Hall–Kier alpha value is -0.660. The van der Waals surface area contributed by atoms with Gasteiger partial charge in [-0.3, -0.25) is 4.79 Å². The van der Waals surface area contributed by atoms with Gasteiger partial charge in [-0.25, -0.2) is 0 Å². The largest absolute Gasteiger partial charge is 0.303 e. The molecular weight excluding hydrogens is 344 g/mol. The van der Waals surface area contributed by atoms with Crippen LogP contribution in [0.5, 0.6) is 0 Å². The average molecular weight is 394 g/mol. The molecule has 0 aromatic rings. The van der Waals surface area contributed by atoms with E-state index in [4.69, 9.17) is 0 Å². The molecule has 1 atom stereocenters. The van der Waals surface area contributed by atoms with Crippen molar-refractivity contribution in [3.63, 3.8) is 0 Å². The van der Waals surface area contributed by atoms with Crippen LogP contribution in [-0.2, 0) is 9.59 Å². The monoisotopic (exact) mass is 393 g/mol. The summed E-state index contributed by atoms with van der Waals surface area (Å²) in [7, 11) is 0. The summed E-state index contributed by atoms with van der Waals surface area (Å²) >= 11 is 0. The Kier molecular flexibility index (Phi) is 23.8. The second kappa shape index (κ2) is 24.4. The summed E-state index contributed by atoms with van der Waals surface area (Å²) < 4.78 is 0. The number of carbonyl (C=O) groups is 1. The molecule has 0 saturated heterocycles. The number of hydrogen-bond donors (Lipinski definition) is 0. The van der Waals surface area contributed by atoms with Crippen molar-refractivity contribution in [2.45, 2.75) is 148 Å². The summed E-state index contributed by atoms with van der Waals surface area (Å²) in [5.41, 5.74) is 0. The van der Waals surface area contributed by atoms with Crippen LogP contribution in [0.2, 0.25) is 0 Å². The third kappa shape index (κ3) is 21.6. The Balaban J connectivity index is 3.43. The lowest BCUT2D eigenvalue weighted by atomic mass is 9.92. The predicted octanol–water partition coefficient (Wildman–Crippen LogP) is 8.51. The minimum Gasteiger partial charge on any atom is -0.303 e. The number of unbranched alkanes of at least 4 members (excludes halogenated alkanes) is 17. The Labute approximate surface area is 176 Å². The average Bonchev–Trinajstić information content (AvgIpc) is 2.70. The Morgan fingerprint density at radius 3 is 1.39 bits per heavy atom. The van der Waals surface area contributed by atoms with Crippen LogP contribution in [0.3, 0.4) is 0 Å². The van der Waals surface area contributed by atoms with Crippen molar-refractivity contribution in [1.82, 2.24) is 0 Å². The van der Waals surface area contributed by atoms with Crippen molar-refractivity contribution in [2.24, 2.45) is 5.92 Å². The standard InChI is InChI=1S/C26H49O2/c1-2-3-4-5-6-7-9-12-15-18-21-26(23-25-28)22-19-16-13-10-8-11-14-17-20-24-27/h24,26H,2-23H2,1H3/t26-/m1/s1. The second-order valence-corrected chi connectivity index (χ2v) is 8.76. The van der Waals surface area contributed by atoms with E-state index in [0.29, 0.717) is 12.3 Å². The normalized spacial score (nSPS) is 12.2. The Morgan fingerprint density at radius 2 is 1.00 bits per heavy atom. The van der Waals surface area contributed by atoms with E-state index in [9.17, 15) is 9.59 Å². The van der Waals surface area contributed by atoms with E-state index in [1.807, 2.05) is 0 Å². The quantitative estimate of drug-likeness (QED) is 0.122. The molecule has 0 aliphatic heterocycles. The molecule has 0 aromatic heterocycles. The maximum atomic E-state index is 10.8. The highest BCUT2D eigenvalue weighted by molar-refractivity contribution is 5.50. The first kappa shape index (κ1) is 27.3. The van der Waals surface area contributed by atoms with E-state index >= 15 is 0 Å². The predicted molar refractivity (Wildman–Crippen MR) is 122 cm³/mol. The summed E-state index contributed by atoms with van der Waals surface area (Å²) in [4.78, 5) is 21.1. The van der Waals surface area contributed by atoms with Crippen LogP contribution in [0, 0.1) is 5.92 Å². The van der Waals surface area contributed by atoms with Crippen LogP contribution in [-0.4, -0.2) is 12.6 Å². The molecule has 2 heteroatoms. The number of hydrogen-bond acceptors (Lipinski definition) is 2. The summed E-state index contributed by atoms with van der Waals surface area (Å²) in [6.07, 6.45) is 30.9. The van der Waals surface area contributed by atoms with Crippen LogP contribution >= 0.6 is 0 Å². The molecule has 0 unspecified atom stereocenters. The molecule has 0 amide bonds. The summed E-state index contributed by atoms with van der Waals surface area (Å²) in [6, 6.07) is 0. The van der Waals surface area contributed by atoms with Gasteiger partial charge in [-0.2, -0.15) is 0 Å². The molecule has 0 aromatic carbocycles. The lowest BCUT2D eigenvalue weighted by Crippen LogP contribution is -2.02. The molecule has 0 spiro atoms. The third-order valence-electron chi connectivity index (χ3n) is 6.02. The van der Waals surface area contributed by atoms with E-state index in [2.05, 4.69) is 13.2 Å². The summed E-state index contributed by atoms with van der Waals surface area (Å²) in [5.74, 6) is 0.579. The van der Waals surface area contributed by atoms with Gasteiger partial charge in [0.05, 0.1) is 0 Å². The van der Waals surface area contributed by atoms with Gasteiger partial charge < -0.3 is 4.79 Å². The van der Waals surface area contributed by atoms with E-state index < -0.39 is 0 Å². The molecule has 2 nitrogen and oxygen atoms in total. The lowest BCUT2D eigenvalue weighted by Gasteiger charge is -2.13. The molecule has 0 aliphatic carbocycles. The van der Waals surface area contributed by atoms with Crippen LogP contribution < -0.4 is 0 Å². The fourth-order valence-corrected chi connectivity index (χ4v) is 4.11. The van der Waals surface area contributed by atoms with Crippen molar-refractivity contribution in [2.75, 3.05) is 0 Å². The SMILES string of the molecule is CCCCCCCCCCCC[C@@H](C[C]=O)CCCCCCCCCCC=O. The van der Waals surface area contributed by atoms with Gasteiger partial charge in [-0.15, -0.1) is 0 Å². The van der Waals surface area contributed by atoms with Crippen LogP contribution in [0.25, 0.3) is 0 Å². The van der Waals surface area contributed by atoms with Gasteiger partial charge in [0.2, 0.25) is 0 Å². The van der Waals surface area contributed by atoms with Gasteiger partial charge in [-0.1, -0.05) is 129 Å². The van der Waals surface area contributed by atoms with Gasteiger partial charge in [0.25, 0.3) is 0 Å². The highest BCUT2D eigenvalue weighted by Gasteiger charge is 2.08. The fraction of sp³-hybridized carbons (Fsp3) is 0.923. The zero-order chi connectivity index (χ0) is 20.5. The molecule has 0 saturated carbocycles. The molecule has 0 N–H and O–H groups in total. The van der Waals surface area contributed by atoms with Crippen molar-refractivity contribution < 1.29 is 9.59 Å². The number of carbonyl (C=O) groups excluding carboxylic acids is 2. The second-order valence-electron chi connectivity index (χ2n) is 8.76. The molecular formula is C26H49O2. The van der Waals surface area contributed by atoms with Crippen molar-refractivity contribution in [3.8, 4) is 0 Å². The highest BCUT2D eigenvalue weighted by atomic mass is 16.1. The Morgan fingerprint density at radius 1 is 0.607 bits per heavy atom. The van der Waals surface area contributed by atoms with E-state index in [-0.39, 0.29) is 0 Å². The van der Waals surface area contributed by atoms with Crippen LogP contribution in [0.4, 0.5) is 0 Å². The van der Waals surface area contributed by atoms with Gasteiger partial charge in [0.1, 0.15) is 6.29 Å². The maximum Gasteiger partial charge on any atom is 0.198 e. The summed E-state index contributed by atoms with van der Waals surface area (Å²) in [5, 5.41) is 0. The van der Waals surface area contributed by atoms with Crippen molar-refractivity contribution in [1.29, 1.82) is 0 Å². The van der Waals surface area contributed by atoms with Gasteiger partial charge >= 0.3 is 0 Å². The summed E-state index contributed by atoms with van der Waals surface area (Å²) in [6.45, 7) is 2.27. The molecule has 165 valence electrons. The molecule has 1 radical (unpaired) electrons. The molecule has 0 fully saturated rings.